The molecule has 1 aliphatic rings. The second-order valence-electron chi connectivity index (χ2n) is 2.67. The predicted molar refractivity (Wildman–Crippen MR) is 34.1 cm³/mol. The number of halogens is 2. The molecular weight excluding hydrogens is 172 g/mol. The number of rotatable bonds is 1. The molecule has 0 aromatic heterocycles. The highest BCUT2D eigenvalue weighted by molar-refractivity contribution is 5.72. The van der Waals surface area contributed by atoms with Crippen molar-refractivity contribution < 1.29 is 23.5 Å². The van der Waals surface area contributed by atoms with Gasteiger partial charge in [-0.3, -0.25) is 4.90 Å². The summed E-state index contributed by atoms with van der Waals surface area (Å²) >= 11 is 0. The largest absolute Gasteiger partial charge is 0.465 e. The third-order valence-corrected chi connectivity index (χ3v) is 1.71. The summed E-state index contributed by atoms with van der Waals surface area (Å²) in [6, 6.07) is -1.20. The Balaban J connectivity index is 2.76. The van der Waals surface area contributed by atoms with Gasteiger partial charge in [0.05, 0.1) is 12.6 Å². The molecule has 1 atom stereocenters. The second-order valence-corrected chi connectivity index (χ2v) is 2.67. The Kier molecular flexibility index (Phi) is 1.99. The summed E-state index contributed by atoms with van der Waals surface area (Å²) in [4.78, 5) is 20.9. The van der Waals surface area contributed by atoms with E-state index in [1.165, 1.54) is 0 Å². The molecule has 0 aromatic carbocycles. The van der Waals surface area contributed by atoms with E-state index in [4.69, 9.17) is 5.11 Å². The first kappa shape index (κ1) is 8.89. The second kappa shape index (κ2) is 2.69. The van der Waals surface area contributed by atoms with Gasteiger partial charge in [-0.05, 0) is 0 Å². The van der Waals surface area contributed by atoms with Crippen LogP contribution in [0.2, 0.25) is 0 Å². The number of hydrogen-bond donors (Lipinski definition) is 1. The molecule has 1 heterocycles. The first-order chi connectivity index (χ1) is 5.46. The van der Waals surface area contributed by atoms with Crippen molar-refractivity contribution in [3.05, 3.63) is 0 Å². The van der Waals surface area contributed by atoms with Crippen LogP contribution in [0.3, 0.4) is 0 Å². The van der Waals surface area contributed by atoms with Gasteiger partial charge in [0.1, 0.15) is 6.29 Å². The van der Waals surface area contributed by atoms with Crippen molar-refractivity contribution in [2.45, 2.75) is 18.4 Å². The lowest BCUT2D eigenvalue weighted by atomic mass is 10.2. The lowest BCUT2D eigenvalue weighted by Gasteiger charge is -2.14. The number of alkyl halides is 2. The van der Waals surface area contributed by atoms with Crippen LogP contribution in [0.25, 0.3) is 0 Å². The molecule has 1 rings (SSSR count). The average Bonchev–Trinajstić information content (AvgIpc) is 2.25. The van der Waals surface area contributed by atoms with Gasteiger partial charge in [-0.25, -0.2) is 13.6 Å². The van der Waals surface area contributed by atoms with Gasteiger partial charge in [0.15, 0.2) is 0 Å². The molecule has 12 heavy (non-hydrogen) atoms. The van der Waals surface area contributed by atoms with E-state index in [0.717, 1.165) is 0 Å². The molecule has 1 fully saturated rings. The van der Waals surface area contributed by atoms with Gasteiger partial charge in [-0.1, -0.05) is 0 Å². The highest BCUT2D eigenvalue weighted by Crippen LogP contribution is 2.30. The van der Waals surface area contributed by atoms with Crippen LogP contribution in [-0.2, 0) is 4.79 Å². The molecule has 0 bridgehead atoms. The molecule has 0 aromatic rings. The number of aldehydes is 1. The van der Waals surface area contributed by atoms with Crippen LogP contribution in [0.15, 0.2) is 0 Å². The van der Waals surface area contributed by atoms with E-state index >= 15 is 0 Å². The van der Waals surface area contributed by atoms with E-state index in [-0.39, 0.29) is 6.29 Å². The Morgan fingerprint density at radius 2 is 2.25 bits per heavy atom. The van der Waals surface area contributed by atoms with Crippen molar-refractivity contribution >= 4 is 12.4 Å². The van der Waals surface area contributed by atoms with E-state index in [1.807, 2.05) is 0 Å². The number of hydrogen-bond acceptors (Lipinski definition) is 2. The van der Waals surface area contributed by atoms with Gasteiger partial charge in [-0.2, -0.15) is 0 Å². The van der Waals surface area contributed by atoms with E-state index in [9.17, 15) is 18.4 Å². The number of nitrogens with zero attached hydrogens (tertiary/aromatic N) is 1. The Morgan fingerprint density at radius 3 is 2.58 bits per heavy atom. The summed E-state index contributed by atoms with van der Waals surface area (Å²) < 4.78 is 25.1. The fourth-order valence-corrected chi connectivity index (χ4v) is 1.18. The topological polar surface area (TPSA) is 57.6 Å². The lowest BCUT2D eigenvalue weighted by molar-refractivity contribution is -0.111. The van der Waals surface area contributed by atoms with Gasteiger partial charge in [0, 0.05) is 6.42 Å². The number of likely N-dealkylation sites (tertiary alicyclic amines) is 1. The molecule has 0 unspecified atom stereocenters. The molecule has 1 amide bonds. The molecule has 1 aliphatic heterocycles. The van der Waals surface area contributed by atoms with Crippen molar-refractivity contribution in [2.24, 2.45) is 0 Å². The third kappa shape index (κ3) is 1.51. The van der Waals surface area contributed by atoms with Crippen molar-refractivity contribution in [3.63, 3.8) is 0 Å². The van der Waals surface area contributed by atoms with Crippen molar-refractivity contribution in [1.29, 1.82) is 0 Å². The zero-order chi connectivity index (χ0) is 9.35. The van der Waals surface area contributed by atoms with E-state index in [0.29, 0.717) is 4.90 Å². The quantitative estimate of drug-likeness (QED) is 0.599. The van der Waals surface area contributed by atoms with Crippen molar-refractivity contribution in [1.82, 2.24) is 4.90 Å². The van der Waals surface area contributed by atoms with Crippen LogP contribution in [0.4, 0.5) is 13.6 Å². The van der Waals surface area contributed by atoms with Gasteiger partial charge in [-0.15, -0.1) is 0 Å². The fraction of sp³-hybridized carbons (Fsp3) is 0.667. The maximum absolute atomic E-state index is 12.5. The molecule has 6 heteroatoms. The van der Waals surface area contributed by atoms with Gasteiger partial charge in [0.25, 0.3) is 5.92 Å². The minimum Gasteiger partial charge on any atom is -0.465 e. The van der Waals surface area contributed by atoms with E-state index in [1.54, 1.807) is 0 Å². The summed E-state index contributed by atoms with van der Waals surface area (Å²) in [6.45, 7) is -0.883. The van der Waals surface area contributed by atoms with E-state index in [2.05, 4.69) is 0 Å². The number of carboxylic acid groups (broad SMARTS) is 1. The summed E-state index contributed by atoms with van der Waals surface area (Å²) in [7, 11) is 0. The van der Waals surface area contributed by atoms with Gasteiger partial charge < -0.3 is 9.90 Å². The highest BCUT2D eigenvalue weighted by Gasteiger charge is 2.47. The Labute approximate surface area is 66.8 Å². The Hall–Kier alpha value is -1.20. The monoisotopic (exact) mass is 179 g/mol. The molecular formula is C6H7F2NO3. The lowest BCUT2D eigenvalue weighted by Crippen LogP contribution is -2.35. The Morgan fingerprint density at radius 1 is 1.67 bits per heavy atom. The number of carbonyl (C=O) groups excluding carboxylic acids is 1. The van der Waals surface area contributed by atoms with Crippen LogP contribution in [-0.4, -0.2) is 40.9 Å². The van der Waals surface area contributed by atoms with Crippen LogP contribution in [0.5, 0.6) is 0 Å². The van der Waals surface area contributed by atoms with Gasteiger partial charge in [0.2, 0.25) is 0 Å². The van der Waals surface area contributed by atoms with Crippen LogP contribution >= 0.6 is 0 Å². The van der Waals surface area contributed by atoms with E-state index < -0.39 is 31.0 Å². The molecule has 0 saturated carbocycles. The molecule has 1 saturated heterocycles. The maximum Gasteiger partial charge on any atom is 0.408 e. The molecule has 0 spiro atoms. The first-order valence-corrected chi connectivity index (χ1v) is 3.29. The molecule has 1 N–H and O–H groups in total. The first-order valence-electron chi connectivity index (χ1n) is 3.29. The fourth-order valence-electron chi connectivity index (χ4n) is 1.18. The zero-order valence-corrected chi connectivity index (χ0v) is 6.04. The molecule has 0 radical (unpaired) electrons. The number of carbonyl (C=O) groups is 2. The summed E-state index contributed by atoms with van der Waals surface area (Å²) in [6.07, 6.45) is -1.96. The van der Waals surface area contributed by atoms with Crippen molar-refractivity contribution in [3.8, 4) is 0 Å². The highest BCUT2D eigenvalue weighted by atomic mass is 19.3. The van der Waals surface area contributed by atoms with Gasteiger partial charge >= 0.3 is 6.09 Å². The summed E-state index contributed by atoms with van der Waals surface area (Å²) in [5.41, 5.74) is 0. The number of amides is 1. The zero-order valence-electron chi connectivity index (χ0n) is 6.04. The normalized spacial score (nSPS) is 27.2. The van der Waals surface area contributed by atoms with Crippen LogP contribution in [0, 0.1) is 0 Å². The van der Waals surface area contributed by atoms with Crippen LogP contribution < -0.4 is 0 Å². The summed E-state index contributed by atoms with van der Waals surface area (Å²) in [5.74, 6) is -3.07. The standard InChI is InChI=1S/C6H7F2NO3/c7-6(8)1-4(2-10)9(3-6)5(11)12/h2,4H,1,3H2,(H,11,12)/t4-/m1/s1. The minimum atomic E-state index is -3.07. The maximum atomic E-state index is 12.5. The molecule has 4 nitrogen and oxygen atoms in total. The van der Waals surface area contributed by atoms with Crippen molar-refractivity contribution in [2.75, 3.05) is 6.54 Å². The third-order valence-electron chi connectivity index (χ3n) is 1.71. The van der Waals surface area contributed by atoms with Crippen LogP contribution in [0.1, 0.15) is 6.42 Å². The SMILES string of the molecule is O=C[C@H]1CC(F)(F)CN1C(=O)O. The molecule has 68 valence electrons. The predicted octanol–water partition coefficient (Wildman–Crippen LogP) is 0.573. The Bertz CT molecular complexity index is 219. The minimum absolute atomic E-state index is 0.231. The average molecular weight is 179 g/mol. The molecule has 0 aliphatic carbocycles. The summed E-state index contributed by atoms with van der Waals surface area (Å²) in [5, 5.41) is 8.38. The smallest absolute Gasteiger partial charge is 0.408 e.